The predicted octanol–water partition coefficient (Wildman–Crippen LogP) is 17.0. The molecule has 0 aromatic carbocycles. The van der Waals surface area contributed by atoms with E-state index in [-0.39, 0.29) is 12.5 Å². The fourth-order valence-corrected chi connectivity index (χ4v) is 8.48. The quantitative estimate of drug-likeness (QED) is 0.0424. The molecule has 3 N–H and O–H groups in total. The van der Waals surface area contributed by atoms with E-state index in [0.717, 1.165) is 25.7 Å². The van der Waals surface area contributed by atoms with E-state index in [9.17, 15) is 15.0 Å². The van der Waals surface area contributed by atoms with Crippen LogP contribution in [0.3, 0.4) is 0 Å². The first-order valence-corrected chi connectivity index (χ1v) is 26.4. The number of carbonyl (C=O) groups excluding carboxylic acids is 1. The molecule has 0 aliphatic heterocycles. The highest BCUT2D eigenvalue weighted by molar-refractivity contribution is 5.76. The fourth-order valence-electron chi connectivity index (χ4n) is 8.48. The first kappa shape index (κ1) is 56.1. The van der Waals surface area contributed by atoms with Crippen molar-refractivity contribution in [2.45, 2.75) is 315 Å². The summed E-state index contributed by atoms with van der Waals surface area (Å²) in [4.78, 5) is 12.4. The lowest BCUT2D eigenvalue weighted by Crippen LogP contribution is -2.45. The van der Waals surface area contributed by atoms with Crippen molar-refractivity contribution in [3.05, 3.63) is 12.2 Å². The maximum atomic E-state index is 12.4. The van der Waals surface area contributed by atoms with Gasteiger partial charge in [0, 0.05) is 6.42 Å². The van der Waals surface area contributed by atoms with Crippen molar-refractivity contribution in [2.75, 3.05) is 6.61 Å². The van der Waals surface area contributed by atoms with Crippen LogP contribution in [0.25, 0.3) is 0 Å². The Kier molecular flexibility index (Phi) is 48.7. The van der Waals surface area contributed by atoms with Crippen LogP contribution in [0.1, 0.15) is 303 Å². The average molecular weight is 804 g/mol. The Balaban J connectivity index is 3.47. The van der Waals surface area contributed by atoms with Gasteiger partial charge < -0.3 is 15.5 Å². The molecule has 4 heteroatoms. The Hall–Kier alpha value is -0.870. The van der Waals surface area contributed by atoms with E-state index in [0.29, 0.717) is 6.42 Å². The number of amides is 1. The molecule has 57 heavy (non-hydrogen) atoms. The topological polar surface area (TPSA) is 69.6 Å². The lowest BCUT2D eigenvalue weighted by atomic mass is 10.0. The molecule has 0 saturated heterocycles. The maximum absolute atomic E-state index is 12.4. The van der Waals surface area contributed by atoms with Crippen molar-refractivity contribution in [1.29, 1.82) is 0 Å². The summed E-state index contributed by atoms with van der Waals surface area (Å²) in [7, 11) is 0. The minimum absolute atomic E-state index is 0.0566. The number of nitrogens with one attached hydrogen (secondary N) is 1. The summed E-state index contributed by atoms with van der Waals surface area (Å²) in [6.45, 7) is 4.35. The number of carbonyl (C=O) groups is 1. The van der Waals surface area contributed by atoms with Gasteiger partial charge in [-0.05, 0) is 19.3 Å². The average Bonchev–Trinajstić information content (AvgIpc) is 3.22. The lowest BCUT2D eigenvalue weighted by molar-refractivity contribution is -0.123. The Morgan fingerprint density at radius 1 is 0.404 bits per heavy atom. The van der Waals surface area contributed by atoms with Gasteiger partial charge in [-0.15, -0.1) is 0 Å². The van der Waals surface area contributed by atoms with E-state index < -0.39 is 12.1 Å². The summed E-state index contributed by atoms with van der Waals surface area (Å²) in [5, 5.41) is 23.1. The first-order chi connectivity index (χ1) is 28.2. The van der Waals surface area contributed by atoms with Gasteiger partial charge in [-0.1, -0.05) is 289 Å². The smallest absolute Gasteiger partial charge is 0.220 e. The lowest BCUT2D eigenvalue weighted by Gasteiger charge is -2.20. The molecule has 0 aromatic rings. The Labute approximate surface area is 358 Å². The molecule has 4 nitrogen and oxygen atoms in total. The van der Waals surface area contributed by atoms with Crippen LogP contribution >= 0.6 is 0 Å². The standard InChI is InChI=1S/C53H105NO3/c1-3-5-7-9-11-13-15-17-19-21-23-25-26-27-29-30-32-34-36-38-40-42-44-46-48-52(56)51(50-55)54-53(57)49-47-45-43-41-39-37-35-33-31-28-24-22-20-18-16-14-12-10-8-6-4-2/h46,48,51-52,55-56H,3-45,47,49-50H2,1-2H3,(H,54,57)/b48-46+. The Morgan fingerprint density at radius 2 is 0.649 bits per heavy atom. The second-order valence-electron chi connectivity index (χ2n) is 18.3. The van der Waals surface area contributed by atoms with Gasteiger partial charge in [0.1, 0.15) is 0 Å². The van der Waals surface area contributed by atoms with Crippen molar-refractivity contribution in [3.8, 4) is 0 Å². The van der Waals surface area contributed by atoms with Crippen LogP contribution in [0.2, 0.25) is 0 Å². The molecule has 0 aliphatic carbocycles. The van der Waals surface area contributed by atoms with E-state index in [1.165, 1.54) is 257 Å². The number of hydrogen-bond acceptors (Lipinski definition) is 3. The predicted molar refractivity (Wildman–Crippen MR) is 253 cm³/mol. The molecule has 0 radical (unpaired) electrons. The van der Waals surface area contributed by atoms with Gasteiger partial charge in [0.05, 0.1) is 18.8 Å². The highest BCUT2D eigenvalue weighted by Crippen LogP contribution is 2.17. The van der Waals surface area contributed by atoms with E-state index in [1.54, 1.807) is 6.08 Å². The number of rotatable bonds is 49. The van der Waals surface area contributed by atoms with Crippen molar-refractivity contribution < 1.29 is 15.0 Å². The number of unbranched alkanes of at least 4 members (excludes halogenated alkanes) is 42. The second-order valence-corrected chi connectivity index (χ2v) is 18.3. The molecular formula is C53H105NO3. The minimum Gasteiger partial charge on any atom is -0.394 e. The molecule has 340 valence electrons. The number of allylic oxidation sites excluding steroid dienone is 1. The van der Waals surface area contributed by atoms with E-state index >= 15 is 0 Å². The van der Waals surface area contributed by atoms with E-state index in [2.05, 4.69) is 19.2 Å². The van der Waals surface area contributed by atoms with Crippen molar-refractivity contribution >= 4 is 5.91 Å². The molecule has 0 fully saturated rings. The minimum atomic E-state index is -0.835. The molecule has 0 spiro atoms. The van der Waals surface area contributed by atoms with Crippen LogP contribution in [0.15, 0.2) is 12.2 Å². The number of hydrogen-bond donors (Lipinski definition) is 3. The highest BCUT2D eigenvalue weighted by Gasteiger charge is 2.18. The second kappa shape index (κ2) is 49.5. The molecule has 1 amide bonds. The zero-order chi connectivity index (χ0) is 41.4. The first-order valence-electron chi connectivity index (χ1n) is 26.4. The molecule has 0 rings (SSSR count). The van der Waals surface area contributed by atoms with Gasteiger partial charge in [-0.3, -0.25) is 4.79 Å². The van der Waals surface area contributed by atoms with Crippen LogP contribution in [-0.4, -0.2) is 34.9 Å². The summed E-state index contributed by atoms with van der Waals surface area (Å²) in [6.07, 6.45) is 63.6. The molecule has 2 unspecified atom stereocenters. The van der Waals surface area contributed by atoms with Crippen LogP contribution in [-0.2, 0) is 4.79 Å². The monoisotopic (exact) mass is 804 g/mol. The van der Waals surface area contributed by atoms with Crippen LogP contribution in [0.4, 0.5) is 0 Å². The molecule has 2 atom stereocenters. The Bertz CT molecular complexity index is 784. The summed E-state index contributed by atoms with van der Waals surface area (Å²) in [5.41, 5.74) is 0. The van der Waals surface area contributed by atoms with Crippen molar-refractivity contribution in [3.63, 3.8) is 0 Å². The zero-order valence-electron chi connectivity index (χ0n) is 39.1. The molecule has 0 bridgehead atoms. The molecule has 0 aromatic heterocycles. The van der Waals surface area contributed by atoms with Gasteiger partial charge in [0.15, 0.2) is 0 Å². The normalized spacial score (nSPS) is 12.8. The SMILES string of the molecule is CCCCCCCCCCCCCCCCCCCCCCCC/C=C/C(O)C(CO)NC(=O)CCCCCCCCCCCCCCCCCCCCCCC. The van der Waals surface area contributed by atoms with Crippen LogP contribution in [0, 0.1) is 0 Å². The van der Waals surface area contributed by atoms with Crippen molar-refractivity contribution in [2.24, 2.45) is 0 Å². The van der Waals surface area contributed by atoms with Gasteiger partial charge in [-0.25, -0.2) is 0 Å². The van der Waals surface area contributed by atoms with Crippen LogP contribution in [0.5, 0.6) is 0 Å². The van der Waals surface area contributed by atoms with E-state index in [1.807, 2.05) is 6.08 Å². The summed E-state index contributed by atoms with van der Waals surface area (Å²) in [5.74, 6) is -0.0566. The summed E-state index contributed by atoms with van der Waals surface area (Å²) >= 11 is 0. The molecular weight excluding hydrogens is 699 g/mol. The third kappa shape index (κ3) is 46.1. The van der Waals surface area contributed by atoms with E-state index in [4.69, 9.17) is 0 Å². The largest absolute Gasteiger partial charge is 0.394 e. The summed E-state index contributed by atoms with van der Waals surface area (Å²) < 4.78 is 0. The maximum Gasteiger partial charge on any atom is 0.220 e. The van der Waals surface area contributed by atoms with Gasteiger partial charge in [-0.2, -0.15) is 0 Å². The molecule has 0 saturated carbocycles. The number of aliphatic hydroxyl groups is 2. The Morgan fingerprint density at radius 3 is 0.912 bits per heavy atom. The fraction of sp³-hybridized carbons (Fsp3) is 0.943. The van der Waals surface area contributed by atoms with Gasteiger partial charge in [0.2, 0.25) is 5.91 Å². The summed E-state index contributed by atoms with van der Waals surface area (Å²) in [6, 6.07) is -0.617. The van der Waals surface area contributed by atoms with Crippen molar-refractivity contribution in [1.82, 2.24) is 5.32 Å². The molecule has 0 aliphatic rings. The van der Waals surface area contributed by atoms with Gasteiger partial charge in [0.25, 0.3) is 0 Å². The highest BCUT2D eigenvalue weighted by atomic mass is 16.3. The zero-order valence-corrected chi connectivity index (χ0v) is 39.1. The van der Waals surface area contributed by atoms with Crippen LogP contribution < -0.4 is 5.32 Å². The molecule has 0 heterocycles. The number of aliphatic hydroxyl groups excluding tert-OH is 2. The third-order valence-electron chi connectivity index (χ3n) is 12.5. The van der Waals surface area contributed by atoms with Gasteiger partial charge >= 0.3 is 0 Å². The third-order valence-corrected chi connectivity index (χ3v) is 12.5.